The summed E-state index contributed by atoms with van der Waals surface area (Å²) < 4.78 is 60.4. The molecular weight excluding hydrogens is 657 g/mol. The molecule has 4 rings (SSSR count). The molecule has 2 unspecified atom stereocenters. The Morgan fingerprint density at radius 1 is 1.12 bits per heavy atom. The van der Waals surface area contributed by atoms with Crippen molar-refractivity contribution in [1.29, 1.82) is 0 Å². The molecule has 3 aromatic rings. The Labute approximate surface area is 290 Å². The number of nitrogens with one attached hydrogen (secondary N) is 2. The Balaban J connectivity index is 1.35. The molecule has 0 bridgehead atoms. The molecule has 50 heavy (non-hydrogen) atoms. The van der Waals surface area contributed by atoms with Crippen molar-refractivity contribution in [3.8, 4) is 11.8 Å². The van der Waals surface area contributed by atoms with E-state index in [0.29, 0.717) is 49.6 Å². The number of hydrogen-bond acceptors (Lipinski definition) is 8. The molecule has 274 valence electrons. The number of aromatic nitrogens is 3. The van der Waals surface area contributed by atoms with Crippen molar-refractivity contribution < 1.29 is 42.1 Å². The number of ether oxygens (including phenoxy) is 3. The minimum atomic E-state index is -4.46. The Kier molecular flexibility index (Phi) is 13.2. The second-order valence-electron chi connectivity index (χ2n) is 13.4. The molecule has 2 aromatic heterocycles. The number of aryl methyl sites for hydroxylation is 1. The predicted molar refractivity (Wildman–Crippen MR) is 182 cm³/mol. The monoisotopic (exact) mass is 704 g/mol. The summed E-state index contributed by atoms with van der Waals surface area (Å²) in [6.07, 6.45) is -2.00. The summed E-state index contributed by atoms with van der Waals surface area (Å²) in [6, 6.07) is 7.00. The third-order valence-electron chi connectivity index (χ3n) is 8.14. The van der Waals surface area contributed by atoms with Gasteiger partial charge in [0.1, 0.15) is 17.7 Å². The van der Waals surface area contributed by atoms with E-state index in [1.165, 1.54) is 6.20 Å². The molecule has 0 spiro atoms. The van der Waals surface area contributed by atoms with E-state index in [1.807, 2.05) is 6.07 Å². The standard InChI is InChI=1S/C35H47F3N6O6/c1-24-28(32(45)46)22-43(41-24)15-17-49-19-18-48-16-12-25-21-42(5)14-11-29(25)40-30-9-6-10-31-27(30)20-26(44(31)23-35(36,37)38)8-7-13-39-33(47)50-34(2,3)4/h6,9-10,20,22,25,29,40H,11-19,21,23H2,1-5H3,(H,39,47)(H,45,46). The first-order chi connectivity index (χ1) is 23.6. The fourth-order valence-corrected chi connectivity index (χ4v) is 5.88. The summed E-state index contributed by atoms with van der Waals surface area (Å²) in [5.41, 5.74) is 1.28. The first-order valence-corrected chi connectivity index (χ1v) is 16.6. The number of alkyl halides is 3. The first kappa shape index (κ1) is 38.5. The lowest BCUT2D eigenvalue weighted by Gasteiger charge is -2.38. The van der Waals surface area contributed by atoms with Crippen molar-refractivity contribution in [1.82, 2.24) is 24.6 Å². The number of carbonyl (C=O) groups is 2. The number of carboxylic acid groups (broad SMARTS) is 1. The lowest BCUT2D eigenvalue weighted by atomic mass is 9.89. The van der Waals surface area contributed by atoms with Gasteiger partial charge in [0.2, 0.25) is 0 Å². The van der Waals surface area contributed by atoms with Gasteiger partial charge in [0.25, 0.3) is 0 Å². The van der Waals surface area contributed by atoms with E-state index < -0.39 is 30.4 Å². The number of aromatic carboxylic acids is 1. The minimum Gasteiger partial charge on any atom is -0.478 e. The highest BCUT2D eigenvalue weighted by molar-refractivity contribution is 5.94. The highest BCUT2D eigenvalue weighted by Gasteiger charge is 2.31. The second kappa shape index (κ2) is 17.1. The fourth-order valence-electron chi connectivity index (χ4n) is 5.88. The van der Waals surface area contributed by atoms with Crippen molar-refractivity contribution in [3.63, 3.8) is 0 Å². The number of fused-ring (bicyclic) bond motifs is 1. The van der Waals surface area contributed by atoms with Crippen LogP contribution in [0.15, 0.2) is 30.5 Å². The third-order valence-corrected chi connectivity index (χ3v) is 8.14. The quantitative estimate of drug-likeness (QED) is 0.154. The molecule has 1 fully saturated rings. The van der Waals surface area contributed by atoms with Gasteiger partial charge in [-0.3, -0.25) is 4.68 Å². The van der Waals surface area contributed by atoms with Crippen LogP contribution in [0.1, 0.15) is 55.4 Å². The van der Waals surface area contributed by atoms with Crippen LogP contribution in [0.4, 0.5) is 23.7 Å². The van der Waals surface area contributed by atoms with Crippen LogP contribution in [-0.4, -0.2) is 107 Å². The predicted octanol–water partition coefficient (Wildman–Crippen LogP) is 5.14. The minimum absolute atomic E-state index is 0.0726. The Morgan fingerprint density at radius 3 is 2.54 bits per heavy atom. The van der Waals surface area contributed by atoms with Gasteiger partial charge in [-0.2, -0.15) is 18.3 Å². The maximum absolute atomic E-state index is 13.7. The fraction of sp³-hybridized carbons (Fsp3) is 0.571. The number of rotatable bonds is 14. The molecule has 12 nitrogen and oxygen atoms in total. The number of hydrogen-bond donors (Lipinski definition) is 3. The number of alkyl carbamates (subject to hydrolysis) is 1. The molecule has 1 aromatic carbocycles. The molecule has 1 saturated heterocycles. The average molecular weight is 705 g/mol. The maximum Gasteiger partial charge on any atom is 0.408 e. The molecular formula is C35H47F3N6O6. The number of halogens is 3. The normalized spacial score (nSPS) is 17.0. The molecule has 3 N–H and O–H groups in total. The van der Waals surface area contributed by atoms with Gasteiger partial charge in [0.05, 0.1) is 49.8 Å². The van der Waals surface area contributed by atoms with Gasteiger partial charge in [0, 0.05) is 36.5 Å². The summed E-state index contributed by atoms with van der Waals surface area (Å²) in [7, 11) is 2.07. The summed E-state index contributed by atoms with van der Waals surface area (Å²) in [4.78, 5) is 25.4. The molecule has 1 aliphatic rings. The van der Waals surface area contributed by atoms with Crippen molar-refractivity contribution in [2.45, 2.75) is 71.4 Å². The van der Waals surface area contributed by atoms with Crippen molar-refractivity contribution in [2.24, 2.45) is 5.92 Å². The number of amides is 1. The SMILES string of the molecule is Cc1nn(CCOCCOCCC2CN(C)CCC2Nc2cccc3c2cc(C#CCNC(=O)OC(C)(C)C)n3CC(F)(F)F)cc1C(=O)O. The first-order valence-electron chi connectivity index (χ1n) is 16.6. The highest BCUT2D eigenvalue weighted by atomic mass is 19.4. The molecule has 1 amide bonds. The van der Waals surface area contributed by atoms with E-state index in [1.54, 1.807) is 50.6 Å². The van der Waals surface area contributed by atoms with Gasteiger partial charge < -0.3 is 39.4 Å². The molecule has 2 atom stereocenters. The average Bonchev–Trinajstić information content (AvgIpc) is 3.56. The van der Waals surface area contributed by atoms with E-state index >= 15 is 0 Å². The van der Waals surface area contributed by atoms with Gasteiger partial charge in [0.15, 0.2) is 0 Å². The van der Waals surface area contributed by atoms with Gasteiger partial charge in [-0.25, -0.2) is 9.59 Å². The summed E-state index contributed by atoms with van der Waals surface area (Å²) in [5, 5.41) is 20.1. The maximum atomic E-state index is 13.7. The van der Waals surface area contributed by atoms with Crippen LogP contribution < -0.4 is 10.6 Å². The van der Waals surface area contributed by atoms with E-state index in [4.69, 9.17) is 19.3 Å². The molecule has 1 aliphatic heterocycles. The van der Waals surface area contributed by atoms with Crippen LogP contribution in [-0.2, 0) is 27.3 Å². The Bertz CT molecular complexity index is 1670. The summed E-state index contributed by atoms with van der Waals surface area (Å²) in [6.45, 7) is 9.38. The summed E-state index contributed by atoms with van der Waals surface area (Å²) >= 11 is 0. The number of carbonyl (C=O) groups excluding carboxylic acids is 1. The van der Waals surface area contributed by atoms with Crippen molar-refractivity contribution in [2.75, 3.05) is 58.4 Å². The van der Waals surface area contributed by atoms with Gasteiger partial charge in [-0.05, 0) is 84.2 Å². The number of anilines is 1. The molecule has 0 radical (unpaired) electrons. The Hall–Kier alpha value is -4.26. The number of carboxylic acids is 1. The molecule has 15 heteroatoms. The lowest BCUT2D eigenvalue weighted by Crippen LogP contribution is -2.45. The molecule has 3 heterocycles. The zero-order valence-electron chi connectivity index (χ0n) is 29.2. The smallest absolute Gasteiger partial charge is 0.408 e. The van der Waals surface area contributed by atoms with Crippen LogP contribution in [0.25, 0.3) is 10.9 Å². The topological polar surface area (TPSA) is 132 Å². The number of benzene rings is 1. The zero-order valence-corrected chi connectivity index (χ0v) is 29.2. The van der Waals surface area contributed by atoms with Crippen LogP contribution in [0.3, 0.4) is 0 Å². The van der Waals surface area contributed by atoms with Crippen LogP contribution in [0.5, 0.6) is 0 Å². The lowest BCUT2D eigenvalue weighted by molar-refractivity contribution is -0.140. The number of piperidine rings is 1. The van der Waals surface area contributed by atoms with Gasteiger partial charge in [-0.15, -0.1) is 0 Å². The third kappa shape index (κ3) is 11.7. The Morgan fingerprint density at radius 2 is 1.86 bits per heavy atom. The van der Waals surface area contributed by atoms with Crippen LogP contribution in [0, 0.1) is 24.7 Å². The largest absolute Gasteiger partial charge is 0.478 e. The van der Waals surface area contributed by atoms with Gasteiger partial charge in [-0.1, -0.05) is 12.0 Å². The van der Waals surface area contributed by atoms with Crippen molar-refractivity contribution >= 4 is 28.7 Å². The zero-order chi connectivity index (χ0) is 36.5. The highest BCUT2D eigenvalue weighted by Crippen LogP contribution is 2.32. The van der Waals surface area contributed by atoms with E-state index in [0.717, 1.165) is 36.2 Å². The van der Waals surface area contributed by atoms with Crippen LogP contribution in [0.2, 0.25) is 0 Å². The van der Waals surface area contributed by atoms with E-state index in [-0.39, 0.29) is 29.8 Å². The van der Waals surface area contributed by atoms with E-state index in [2.05, 4.69) is 39.5 Å². The van der Waals surface area contributed by atoms with Crippen molar-refractivity contribution in [3.05, 3.63) is 47.4 Å². The summed E-state index contributed by atoms with van der Waals surface area (Å²) in [5.74, 6) is 4.79. The van der Waals surface area contributed by atoms with Gasteiger partial charge >= 0.3 is 18.2 Å². The number of nitrogens with zero attached hydrogens (tertiary/aromatic N) is 4. The second-order valence-corrected chi connectivity index (χ2v) is 13.4. The molecule has 0 aliphatic carbocycles. The molecule has 0 saturated carbocycles. The number of likely N-dealkylation sites (tertiary alicyclic amines) is 1. The van der Waals surface area contributed by atoms with E-state index in [9.17, 15) is 22.8 Å². The van der Waals surface area contributed by atoms with Crippen LogP contribution >= 0.6 is 0 Å².